The lowest BCUT2D eigenvalue weighted by Gasteiger charge is -2.41. The summed E-state index contributed by atoms with van der Waals surface area (Å²) in [6.45, 7) is 13.3. The molecule has 3 heterocycles. The van der Waals surface area contributed by atoms with E-state index >= 15 is 0 Å². The number of nitrogens with zero attached hydrogens (tertiary/aromatic N) is 4. The largest absolute Gasteiger partial charge is 0.444 e. The summed E-state index contributed by atoms with van der Waals surface area (Å²) in [5, 5.41) is 9.75. The molecule has 2 aromatic heterocycles. The molecule has 0 saturated carbocycles. The van der Waals surface area contributed by atoms with E-state index in [0.717, 1.165) is 11.8 Å². The minimum absolute atomic E-state index is 0.218. The number of nitrogens with one attached hydrogen (secondary N) is 2. The fourth-order valence-corrected chi connectivity index (χ4v) is 3.91. The summed E-state index contributed by atoms with van der Waals surface area (Å²) >= 11 is 0. The lowest BCUT2D eigenvalue weighted by molar-refractivity contribution is -0.135. The molecule has 11 heteroatoms. The van der Waals surface area contributed by atoms with E-state index in [4.69, 9.17) is 4.74 Å². The first-order chi connectivity index (χ1) is 17.3. The number of amides is 3. The van der Waals surface area contributed by atoms with Gasteiger partial charge in [-0.25, -0.2) is 18.9 Å². The summed E-state index contributed by atoms with van der Waals surface area (Å²) in [6, 6.07) is 3.00. The maximum absolute atomic E-state index is 13.6. The van der Waals surface area contributed by atoms with Crippen molar-refractivity contribution in [1.29, 1.82) is 0 Å². The van der Waals surface area contributed by atoms with Crippen LogP contribution in [0.25, 0.3) is 5.82 Å². The molecule has 200 valence electrons. The van der Waals surface area contributed by atoms with Gasteiger partial charge in [-0.15, -0.1) is 0 Å². The second kappa shape index (κ2) is 11.1. The van der Waals surface area contributed by atoms with Gasteiger partial charge in [0.2, 0.25) is 11.8 Å². The SMILES string of the molecule is C=C(CC)C(=O)NC1(C(=O)NC(C)c2ccc(-n3cc(F)cn3)nc2)CCN(C(=O)OC(C)(C)C)CC1. The van der Waals surface area contributed by atoms with Crippen molar-refractivity contribution in [2.75, 3.05) is 13.1 Å². The minimum Gasteiger partial charge on any atom is -0.444 e. The van der Waals surface area contributed by atoms with Crippen LogP contribution in [0.5, 0.6) is 0 Å². The molecule has 1 atom stereocenters. The van der Waals surface area contributed by atoms with Crippen molar-refractivity contribution in [2.24, 2.45) is 0 Å². The molecule has 3 amide bonds. The Hall–Kier alpha value is -3.76. The standard InChI is InChI=1S/C26H35FN6O4/c1-7-17(2)22(34)31-26(10-12-32(13-11-26)24(36)37-25(4,5)6)23(35)30-18(3)19-8-9-21(28-14-19)33-16-20(27)15-29-33/h8-9,14-16,18H,2,7,10-13H2,1,3-6H3,(H,30,35)(H,31,34). The first-order valence-corrected chi connectivity index (χ1v) is 12.3. The van der Waals surface area contributed by atoms with E-state index in [1.165, 1.54) is 10.9 Å². The van der Waals surface area contributed by atoms with Crippen LogP contribution in [0.2, 0.25) is 0 Å². The fourth-order valence-electron chi connectivity index (χ4n) is 3.91. The first-order valence-electron chi connectivity index (χ1n) is 12.3. The zero-order chi connectivity index (χ0) is 27.4. The number of hydrogen-bond donors (Lipinski definition) is 2. The molecule has 2 N–H and O–H groups in total. The Labute approximate surface area is 216 Å². The van der Waals surface area contributed by atoms with Crippen molar-refractivity contribution in [1.82, 2.24) is 30.3 Å². The highest BCUT2D eigenvalue weighted by Crippen LogP contribution is 2.26. The van der Waals surface area contributed by atoms with Crippen LogP contribution in [-0.4, -0.2) is 61.8 Å². The molecule has 10 nitrogen and oxygen atoms in total. The van der Waals surface area contributed by atoms with Crippen molar-refractivity contribution in [3.05, 3.63) is 54.3 Å². The van der Waals surface area contributed by atoms with Crippen molar-refractivity contribution in [2.45, 2.75) is 71.1 Å². The number of likely N-dealkylation sites (tertiary alicyclic amines) is 1. The molecule has 37 heavy (non-hydrogen) atoms. The Kier molecular flexibility index (Phi) is 8.35. The van der Waals surface area contributed by atoms with Gasteiger partial charge < -0.3 is 20.3 Å². The van der Waals surface area contributed by atoms with Gasteiger partial charge in [0, 0.05) is 24.9 Å². The van der Waals surface area contributed by atoms with Crippen LogP contribution in [0.4, 0.5) is 9.18 Å². The van der Waals surface area contributed by atoms with Crippen LogP contribution in [0.3, 0.4) is 0 Å². The number of piperidine rings is 1. The summed E-state index contributed by atoms with van der Waals surface area (Å²) in [4.78, 5) is 44.7. The highest BCUT2D eigenvalue weighted by molar-refractivity contribution is 5.98. The Morgan fingerprint density at radius 1 is 1.22 bits per heavy atom. The molecule has 1 fully saturated rings. The van der Waals surface area contributed by atoms with E-state index in [0.29, 0.717) is 17.8 Å². The number of aromatic nitrogens is 3. The molecule has 2 aromatic rings. The quantitative estimate of drug-likeness (QED) is 0.547. The Balaban J connectivity index is 1.74. The first kappa shape index (κ1) is 27.8. The number of pyridine rings is 1. The average molecular weight is 515 g/mol. The summed E-state index contributed by atoms with van der Waals surface area (Å²) < 4.78 is 20.0. The molecular formula is C26H35FN6O4. The number of hydrogen-bond acceptors (Lipinski definition) is 6. The number of ether oxygens (including phenoxy) is 1. The predicted molar refractivity (Wildman–Crippen MR) is 135 cm³/mol. The van der Waals surface area contributed by atoms with Crippen molar-refractivity contribution in [3.8, 4) is 5.82 Å². The zero-order valence-corrected chi connectivity index (χ0v) is 22.0. The monoisotopic (exact) mass is 514 g/mol. The number of carbonyl (C=O) groups excluding carboxylic acids is 3. The van der Waals surface area contributed by atoms with Crippen LogP contribution in [0.15, 0.2) is 42.9 Å². The summed E-state index contributed by atoms with van der Waals surface area (Å²) in [6.07, 6.45) is 4.31. The molecule has 0 aromatic carbocycles. The van der Waals surface area contributed by atoms with E-state index in [9.17, 15) is 18.8 Å². The second-order valence-electron chi connectivity index (χ2n) is 10.2. The molecule has 1 aliphatic heterocycles. The minimum atomic E-state index is -1.22. The van der Waals surface area contributed by atoms with E-state index in [2.05, 4.69) is 27.3 Å². The maximum atomic E-state index is 13.6. The lowest BCUT2D eigenvalue weighted by atomic mass is 9.85. The molecule has 0 spiro atoms. The molecule has 1 aliphatic rings. The lowest BCUT2D eigenvalue weighted by Crippen LogP contribution is -2.64. The number of carbonyl (C=O) groups is 3. The van der Waals surface area contributed by atoms with Crippen LogP contribution < -0.4 is 10.6 Å². The molecule has 0 bridgehead atoms. The molecule has 0 aliphatic carbocycles. The van der Waals surface area contributed by atoms with Crippen LogP contribution >= 0.6 is 0 Å². The molecule has 0 radical (unpaired) electrons. The van der Waals surface area contributed by atoms with Crippen molar-refractivity contribution < 1.29 is 23.5 Å². The topological polar surface area (TPSA) is 118 Å². The fraction of sp³-hybridized carbons (Fsp3) is 0.500. The third-order valence-corrected chi connectivity index (χ3v) is 6.21. The highest BCUT2D eigenvalue weighted by atomic mass is 19.1. The van der Waals surface area contributed by atoms with Gasteiger partial charge in [0.25, 0.3) is 0 Å². The van der Waals surface area contributed by atoms with E-state index in [-0.39, 0.29) is 31.8 Å². The maximum Gasteiger partial charge on any atom is 0.410 e. The normalized spacial score (nSPS) is 16.0. The van der Waals surface area contributed by atoms with Gasteiger partial charge in [0.05, 0.1) is 18.4 Å². The molecule has 1 saturated heterocycles. The molecule has 3 rings (SSSR count). The van der Waals surface area contributed by atoms with E-state index < -0.39 is 35.0 Å². The van der Waals surface area contributed by atoms with Crippen molar-refractivity contribution >= 4 is 17.9 Å². The summed E-state index contributed by atoms with van der Waals surface area (Å²) in [7, 11) is 0. The second-order valence-corrected chi connectivity index (χ2v) is 10.2. The van der Waals surface area contributed by atoms with Gasteiger partial charge in [-0.2, -0.15) is 5.10 Å². The van der Waals surface area contributed by atoms with Gasteiger partial charge in [-0.1, -0.05) is 19.6 Å². The van der Waals surface area contributed by atoms with Crippen LogP contribution in [0, 0.1) is 5.82 Å². The number of halogens is 1. The number of rotatable bonds is 7. The smallest absolute Gasteiger partial charge is 0.410 e. The van der Waals surface area contributed by atoms with Gasteiger partial charge in [-0.3, -0.25) is 9.59 Å². The molecule has 1 unspecified atom stereocenters. The Morgan fingerprint density at radius 2 is 1.89 bits per heavy atom. The summed E-state index contributed by atoms with van der Waals surface area (Å²) in [5.74, 6) is -0.794. The van der Waals surface area contributed by atoms with Crippen LogP contribution in [0.1, 0.15) is 65.5 Å². The highest BCUT2D eigenvalue weighted by Gasteiger charge is 2.44. The van der Waals surface area contributed by atoms with Gasteiger partial charge in [-0.05, 0) is 58.6 Å². The zero-order valence-electron chi connectivity index (χ0n) is 22.0. The average Bonchev–Trinajstić information content (AvgIpc) is 3.29. The van der Waals surface area contributed by atoms with E-state index in [1.54, 1.807) is 50.9 Å². The molecular weight excluding hydrogens is 479 g/mol. The Morgan fingerprint density at radius 3 is 2.41 bits per heavy atom. The third-order valence-electron chi connectivity index (χ3n) is 6.21. The van der Waals surface area contributed by atoms with Crippen LogP contribution in [-0.2, 0) is 14.3 Å². The van der Waals surface area contributed by atoms with Gasteiger partial charge >= 0.3 is 6.09 Å². The third kappa shape index (κ3) is 6.93. The van der Waals surface area contributed by atoms with Gasteiger partial charge in [0.1, 0.15) is 11.1 Å². The van der Waals surface area contributed by atoms with Gasteiger partial charge in [0.15, 0.2) is 11.6 Å². The predicted octanol–water partition coefficient (Wildman–Crippen LogP) is 3.44. The summed E-state index contributed by atoms with van der Waals surface area (Å²) in [5.41, 5.74) is -0.775. The van der Waals surface area contributed by atoms with E-state index in [1.807, 2.05) is 6.92 Å². The van der Waals surface area contributed by atoms with Crippen molar-refractivity contribution in [3.63, 3.8) is 0 Å². The Bertz CT molecular complexity index is 1150.